The molecular formula is C13H17NO4. The monoisotopic (exact) mass is 251 g/mol. The molecule has 1 amide bonds. The van der Waals surface area contributed by atoms with Gasteiger partial charge >= 0.3 is 5.97 Å². The first-order valence-corrected chi connectivity index (χ1v) is 5.60. The second-order valence-electron chi connectivity index (χ2n) is 4.17. The number of carbonyl (C=O) groups is 2. The zero-order valence-electron chi connectivity index (χ0n) is 10.7. The van der Waals surface area contributed by atoms with Gasteiger partial charge in [-0.3, -0.25) is 4.79 Å². The highest BCUT2D eigenvalue weighted by Crippen LogP contribution is 2.19. The lowest BCUT2D eigenvalue weighted by molar-refractivity contribution is -0.142. The summed E-state index contributed by atoms with van der Waals surface area (Å²) in [5.41, 5.74) is 1.95. The Kier molecular flexibility index (Phi) is 4.71. The van der Waals surface area contributed by atoms with Gasteiger partial charge in [0.15, 0.2) is 6.04 Å². The van der Waals surface area contributed by atoms with Crippen LogP contribution in [0.2, 0.25) is 0 Å². The number of aliphatic carboxylic acids is 1. The number of carboxylic acid groups (broad SMARTS) is 1. The van der Waals surface area contributed by atoms with Crippen molar-refractivity contribution in [1.29, 1.82) is 0 Å². The van der Waals surface area contributed by atoms with Crippen molar-refractivity contribution in [1.82, 2.24) is 5.32 Å². The van der Waals surface area contributed by atoms with Crippen molar-refractivity contribution in [2.24, 2.45) is 0 Å². The maximum absolute atomic E-state index is 10.9. The molecule has 0 saturated heterocycles. The Morgan fingerprint density at radius 3 is 2.61 bits per heavy atom. The second-order valence-corrected chi connectivity index (χ2v) is 4.17. The summed E-state index contributed by atoms with van der Waals surface area (Å²) in [4.78, 5) is 21.8. The Morgan fingerprint density at radius 2 is 2.06 bits per heavy atom. The molecule has 0 aromatic heterocycles. The van der Waals surface area contributed by atoms with E-state index in [0.29, 0.717) is 5.75 Å². The summed E-state index contributed by atoms with van der Waals surface area (Å²) in [7, 11) is 0. The molecule has 0 aliphatic rings. The van der Waals surface area contributed by atoms with Crippen LogP contribution in [0, 0.1) is 13.8 Å². The molecule has 0 aliphatic heterocycles. The number of carbonyl (C=O) groups excluding carboxylic acids is 1. The van der Waals surface area contributed by atoms with Crippen LogP contribution < -0.4 is 10.1 Å². The molecule has 1 unspecified atom stereocenters. The van der Waals surface area contributed by atoms with Gasteiger partial charge in [0.2, 0.25) is 5.91 Å². The lowest BCUT2D eigenvalue weighted by atomic mass is 10.1. The van der Waals surface area contributed by atoms with Gasteiger partial charge in [0.25, 0.3) is 0 Å². The van der Waals surface area contributed by atoms with Gasteiger partial charge in [-0.1, -0.05) is 12.1 Å². The van der Waals surface area contributed by atoms with E-state index in [4.69, 9.17) is 9.84 Å². The van der Waals surface area contributed by atoms with Crippen LogP contribution in [0.25, 0.3) is 0 Å². The Morgan fingerprint density at radius 1 is 1.39 bits per heavy atom. The quantitative estimate of drug-likeness (QED) is 0.826. The van der Waals surface area contributed by atoms with E-state index in [1.165, 1.54) is 6.92 Å². The summed E-state index contributed by atoms with van der Waals surface area (Å²) in [6, 6.07) is 4.65. The predicted molar refractivity (Wildman–Crippen MR) is 66.7 cm³/mol. The van der Waals surface area contributed by atoms with E-state index < -0.39 is 17.9 Å². The fourth-order valence-electron chi connectivity index (χ4n) is 1.46. The topological polar surface area (TPSA) is 75.6 Å². The maximum atomic E-state index is 10.9. The number of hydrogen-bond acceptors (Lipinski definition) is 3. The minimum absolute atomic E-state index is 0.0980. The van der Waals surface area contributed by atoms with Crippen molar-refractivity contribution in [2.45, 2.75) is 26.8 Å². The largest absolute Gasteiger partial charge is 0.491 e. The summed E-state index contributed by atoms with van der Waals surface area (Å²) in [6.07, 6.45) is 0. The second kappa shape index (κ2) is 6.05. The highest BCUT2D eigenvalue weighted by molar-refractivity contribution is 5.82. The smallest absolute Gasteiger partial charge is 0.329 e. The van der Waals surface area contributed by atoms with Crippen molar-refractivity contribution < 1.29 is 19.4 Å². The molecule has 1 atom stereocenters. The van der Waals surface area contributed by atoms with Crippen LogP contribution in [0.15, 0.2) is 18.2 Å². The highest BCUT2D eigenvalue weighted by Gasteiger charge is 2.19. The van der Waals surface area contributed by atoms with E-state index in [2.05, 4.69) is 5.32 Å². The summed E-state index contributed by atoms with van der Waals surface area (Å²) in [5.74, 6) is -0.880. The molecule has 1 aromatic carbocycles. The first kappa shape index (κ1) is 14.0. The van der Waals surface area contributed by atoms with Crippen molar-refractivity contribution >= 4 is 11.9 Å². The average Bonchev–Trinajstić information content (AvgIpc) is 2.27. The van der Waals surface area contributed by atoms with Crippen LogP contribution in [0.5, 0.6) is 5.75 Å². The molecule has 0 radical (unpaired) electrons. The molecule has 2 N–H and O–H groups in total. The van der Waals surface area contributed by atoms with E-state index in [0.717, 1.165) is 11.1 Å². The lowest BCUT2D eigenvalue weighted by Crippen LogP contribution is -2.43. The highest BCUT2D eigenvalue weighted by atomic mass is 16.5. The van der Waals surface area contributed by atoms with E-state index >= 15 is 0 Å². The third-order valence-corrected chi connectivity index (χ3v) is 2.42. The molecular weight excluding hydrogens is 234 g/mol. The Hall–Kier alpha value is -2.04. The molecule has 0 bridgehead atoms. The zero-order chi connectivity index (χ0) is 13.7. The summed E-state index contributed by atoms with van der Waals surface area (Å²) in [6.45, 7) is 4.98. The standard InChI is InChI=1S/C13H17NO4/c1-8-4-5-9(2)12(6-8)18-7-11(13(16)17)14-10(3)15/h4-6,11H,7H2,1-3H3,(H,14,15)(H,16,17). The fraction of sp³-hybridized carbons (Fsp3) is 0.385. The van der Waals surface area contributed by atoms with Gasteiger partial charge in [-0.2, -0.15) is 0 Å². The van der Waals surface area contributed by atoms with Gasteiger partial charge < -0.3 is 15.2 Å². The minimum Gasteiger partial charge on any atom is -0.491 e. The molecule has 1 aromatic rings. The predicted octanol–water partition coefficient (Wildman–Crippen LogP) is 1.27. The first-order chi connectivity index (χ1) is 8.40. The Labute approximate surface area is 106 Å². The normalized spacial score (nSPS) is 11.7. The van der Waals surface area contributed by atoms with E-state index in [1.54, 1.807) is 0 Å². The van der Waals surface area contributed by atoms with Crippen LogP contribution in [-0.4, -0.2) is 29.6 Å². The first-order valence-electron chi connectivity index (χ1n) is 5.60. The van der Waals surface area contributed by atoms with Gasteiger partial charge in [-0.25, -0.2) is 4.79 Å². The minimum atomic E-state index is -1.12. The zero-order valence-corrected chi connectivity index (χ0v) is 10.7. The molecule has 0 fully saturated rings. The van der Waals surface area contributed by atoms with Gasteiger partial charge in [0.1, 0.15) is 12.4 Å². The van der Waals surface area contributed by atoms with Crippen molar-refractivity contribution in [2.75, 3.05) is 6.61 Å². The Bertz CT molecular complexity index is 456. The summed E-state index contributed by atoms with van der Waals surface area (Å²) < 4.78 is 5.45. The number of hydrogen-bond donors (Lipinski definition) is 2. The third kappa shape index (κ3) is 4.08. The lowest BCUT2D eigenvalue weighted by Gasteiger charge is -2.15. The summed E-state index contributed by atoms with van der Waals surface area (Å²) in [5, 5.41) is 11.2. The number of amides is 1. The Balaban J connectivity index is 2.69. The van der Waals surface area contributed by atoms with E-state index in [1.807, 2.05) is 32.0 Å². The molecule has 1 rings (SSSR count). The van der Waals surface area contributed by atoms with Gasteiger partial charge in [0.05, 0.1) is 0 Å². The van der Waals surface area contributed by atoms with Crippen LogP contribution in [0.4, 0.5) is 0 Å². The van der Waals surface area contributed by atoms with Crippen molar-refractivity contribution in [3.8, 4) is 5.75 Å². The van der Waals surface area contributed by atoms with Crippen LogP contribution in [0.3, 0.4) is 0 Å². The van der Waals surface area contributed by atoms with Gasteiger partial charge in [-0.15, -0.1) is 0 Å². The number of carboxylic acids is 1. The molecule has 5 nitrogen and oxygen atoms in total. The molecule has 0 saturated carbocycles. The third-order valence-electron chi connectivity index (χ3n) is 2.42. The van der Waals surface area contributed by atoms with E-state index in [-0.39, 0.29) is 6.61 Å². The number of ether oxygens (including phenoxy) is 1. The molecule has 0 heterocycles. The average molecular weight is 251 g/mol. The van der Waals surface area contributed by atoms with Crippen molar-refractivity contribution in [3.63, 3.8) is 0 Å². The van der Waals surface area contributed by atoms with Crippen LogP contribution >= 0.6 is 0 Å². The molecule has 18 heavy (non-hydrogen) atoms. The number of nitrogens with one attached hydrogen (secondary N) is 1. The number of aryl methyl sites for hydroxylation is 2. The number of rotatable bonds is 5. The fourth-order valence-corrected chi connectivity index (χ4v) is 1.46. The molecule has 0 aliphatic carbocycles. The maximum Gasteiger partial charge on any atom is 0.329 e. The SMILES string of the molecule is CC(=O)NC(COc1cc(C)ccc1C)C(=O)O. The van der Waals surface area contributed by atoms with Gasteiger partial charge in [-0.05, 0) is 31.0 Å². The molecule has 5 heteroatoms. The van der Waals surface area contributed by atoms with Crippen molar-refractivity contribution in [3.05, 3.63) is 29.3 Å². The number of benzene rings is 1. The van der Waals surface area contributed by atoms with Crippen LogP contribution in [-0.2, 0) is 9.59 Å². The van der Waals surface area contributed by atoms with Crippen LogP contribution in [0.1, 0.15) is 18.1 Å². The molecule has 98 valence electrons. The molecule has 0 spiro atoms. The summed E-state index contributed by atoms with van der Waals surface area (Å²) >= 11 is 0. The van der Waals surface area contributed by atoms with Gasteiger partial charge in [0, 0.05) is 6.92 Å². The van der Waals surface area contributed by atoms with E-state index in [9.17, 15) is 9.59 Å².